The maximum absolute atomic E-state index is 6.47. The van der Waals surface area contributed by atoms with Crippen molar-refractivity contribution in [3.8, 4) is 0 Å². The predicted molar refractivity (Wildman–Crippen MR) is 130 cm³/mol. The van der Waals surface area contributed by atoms with Gasteiger partial charge >= 0.3 is 0 Å². The van der Waals surface area contributed by atoms with E-state index < -0.39 is 5.97 Å². The van der Waals surface area contributed by atoms with Crippen molar-refractivity contribution in [2.24, 2.45) is 11.7 Å². The molecule has 0 spiro atoms. The Morgan fingerprint density at radius 1 is 0.567 bits per heavy atom. The van der Waals surface area contributed by atoms with E-state index in [0.29, 0.717) is 19.8 Å². The molecule has 0 bridgehead atoms. The van der Waals surface area contributed by atoms with Gasteiger partial charge in [-0.25, -0.2) is 0 Å². The first-order chi connectivity index (χ1) is 14.6. The van der Waals surface area contributed by atoms with Gasteiger partial charge in [-0.2, -0.15) is 0 Å². The van der Waals surface area contributed by atoms with Gasteiger partial charge in [0, 0.05) is 12.0 Å². The zero-order valence-electron chi connectivity index (χ0n) is 21.2. The van der Waals surface area contributed by atoms with E-state index in [1.807, 2.05) is 0 Å². The normalized spacial score (nSPS) is 14.2. The molecule has 0 aliphatic heterocycles. The molecule has 0 saturated carbocycles. The van der Waals surface area contributed by atoms with Crippen molar-refractivity contribution in [1.29, 1.82) is 0 Å². The summed E-state index contributed by atoms with van der Waals surface area (Å²) in [5.41, 5.74) is 6.14. The van der Waals surface area contributed by atoms with Crippen molar-refractivity contribution >= 4 is 0 Å². The maximum atomic E-state index is 6.47. The molecule has 30 heavy (non-hydrogen) atoms. The second kappa shape index (κ2) is 20.7. The Kier molecular flexibility index (Phi) is 20.6. The molecule has 0 aliphatic rings. The molecule has 2 atom stereocenters. The number of unbranched alkanes of at least 4 members (excludes halogenated alkanes) is 8. The molecular formula is C26H55NO3. The molecule has 0 aliphatic carbocycles. The van der Waals surface area contributed by atoms with Crippen LogP contribution in [-0.2, 0) is 14.2 Å². The highest BCUT2D eigenvalue weighted by molar-refractivity contribution is 4.75. The predicted octanol–water partition coefficient (Wildman–Crippen LogP) is 7.58. The fourth-order valence-corrected chi connectivity index (χ4v) is 3.69. The Bertz CT molecular complexity index is 323. The van der Waals surface area contributed by atoms with E-state index in [1.54, 1.807) is 0 Å². The molecule has 4 heteroatoms. The molecule has 2 N–H and O–H groups in total. The summed E-state index contributed by atoms with van der Waals surface area (Å²) in [6.45, 7) is 13.0. The van der Waals surface area contributed by atoms with Crippen LogP contribution < -0.4 is 5.73 Å². The van der Waals surface area contributed by atoms with E-state index in [0.717, 1.165) is 57.8 Å². The van der Waals surface area contributed by atoms with Crippen molar-refractivity contribution in [2.75, 3.05) is 19.8 Å². The Morgan fingerprint density at radius 3 is 1.43 bits per heavy atom. The molecule has 0 amide bonds. The van der Waals surface area contributed by atoms with E-state index >= 15 is 0 Å². The van der Waals surface area contributed by atoms with Gasteiger partial charge in [0.25, 0.3) is 5.97 Å². The zero-order chi connectivity index (χ0) is 22.5. The largest absolute Gasteiger partial charge is 0.328 e. The van der Waals surface area contributed by atoms with Crippen molar-refractivity contribution in [1.82, 2.24) is 0 Å². The third kappa shape index (κ3) is 14.8. The van der Waals surface area contributed by atoms with Crippen molar-refractivity contribution < 1.29 is 14.2 Å². The molecule has 0 aromatic heterocycles. The van der Waals surface area contributed by atoms with Crippen molar-refractivity contribution in [3.05, 3.63) is 0 Å². The minimum Gasteiger partial charge on any atom is -0.328 e. The summed E-state index contributed by atoms with van der Waals surface area (Å²) in [6, 6.07) is 0.191. The van der Waals surface area contributed by atoms with E-state index in [9.17, 15) is 0 Å². The Morgan fingerprint density at radius 2 is 1.00 bits per heavy atom. The van der Waals surface area contributed by atoms with Crippen LogP contribution in [0.25, 0.3) is 0 Å². The van der Waals surface area contributed by atoms with Crippen LogP contribution in [0.5, 0.6) is 0 Å². The third-order valence-electron chi connectivity index (χ3n) is 5.78. The lowest BCUT2D eigenvalue weighted by Crippen LogP contribution is -2.47. The SMILES string of the molecule is CCCCCCCCC(CCC(C)N)C(OCCCC)(OCCCC)OCCCC. The summed E-state index contributed by atoms with van der Waals surface area (Å²) in [7, 11) is 0. The lowest BCUT2D eigenvalue weighted by Gasteiger charge is -2.40. The van der Waals surface area contributed by atoms with Crippen LogP contribution in [0.2, 0.25) is 0 Å². The molecule has 0 rings (SSSR count). The van der Waals surface area contributed by atoms with Gasteiger partial charge in [-0.15, -0.1) is 0 Å². The monoisotopic (exact) mass is 429 g/mol. The molecule has 0 saturated heterocycles. The fraction of sp³-hybridized carbons (Fsp3) is 1.00. The smallest absolute Gasteiger partial charge is 0.285 e. The van der Waals surface area contributed by atoms with Gasteiger partial charge in [-0.3, -0.25) is 0 Å². The van der Waals surface area contributed by atoms with Crippen LogP contribution in [0.3, 0.4) is 0 Å². The summed E-state index contributed by atoms with van der Waals surface area (Å²) < 4.78 is 19.4. The quantitative estimate of drug-likeness (QED) is 0.134. The number of ether oxygens (including phenoxy) is 3. The first-order valence-electron chi connectivity index (χ1n) is 13.2. The first-order valence-corrected chi connectivity index (χ1v) is 13.2. The van der Waals surface area contributed by atoms with Gasteiger partial charge in [-0.05, 0) is 45.4 Å². The van der Waals surface area contributed by atoms with E-state index in [4.69, 9.17) is 19.9 Å². The lowest BCUT2D eigenvalue weighted by molar-refractivity contribution is -0.407. The Hall–Kier alpha value is -0.160. The molecule has 0 radical (unpaired) electrons. The van der Waals surface area contributed by atoms with Gasteiger partial charge < -0.3 is 19.9 Å². The van der Waals surface area contributed by atoms with Gasteiger partial charge in [0.05, 0.1) is 19.8 Å². The molecule has 0 aromatic rings. The Balaban J connectivity index is 5.30. The van der Waals surface area contributed by atoms with E-state index in [1.165, 1.54) is 38.5 Å². The number of nitrogens with two attached hydrogens (primary N) is 1. The highest BCUT2D eigenvalue weighted by atomic mass is 16.9. The van der Waals surface area contributed by atoms with Crippen molar-refractivity contribution in [2.45, 2.75) is 143 Å². The van der Waals surface area contributed by atoms with E-state index in [2.05, 4.69) is 34.6 Å². The second-order valence-corrected chi connectivity index (χ2v) is 9.02. The van der Waals surface area contributed by atoms with E-state index in [-0.39, 0.29) is 12.0 Å². The molecule has 0 aromatic carbocycles. The first kappa shape index (κ1) is 29.8. The van der Waals surface area contributed by atoms with Crippen LogP contribution in [0.4, 0.5) is 0 Å². The number of rotatable bonds is 23. The average molecular weight is 430 g/mol. The molecule has 2 unspecified atom stereocenters. The highest BCUT2D eigenvalue weighted by Gasteiger charge is 2.42. The summed E-state index contributed by atoms with van der Waals surface area (Å²) in [4.78, 5) is 0. The van der Waals surface area contributed by atoms with Crippen LogP contribution >= 0.6 is 0 Å². The summed E-state index contributed by atoms with van der Waals surface area (Å²) >= 11 is 0. The second-order valence-electron chi connectivity index (χ2n) is 9.02. The van der Waals surface area contributed by atoms with Gasteiger partial charge in [0.2, 0.25) is 0 Å². The maximum Gasteiger partial charge on any atom is 0.285 e. The van der Waals surface area contributed by atoms with Crippen molar-refractivity contribution in [3.63, 3.8) is 0 Å². The Labute approximate surface area is 189 Å². The van der Waals surface area contributed by atoms with Crippen LogP contribution in [-0.4, -0.2) is 31.8 Å². The minimum absolute atomic E-state index is 0.191. The van der Waals surface area contributed by atoms with Crippen LogP contribution in [0.15, 0.2) is 0 Å². The summed E-state index contributed by atoms with van der Waals surface area (Å²) in [5, 5.41) is 0. The number of hydrogen-bond donors (Lipinski definition) is 1. The lowest BCUT2D eigenvalue weighted by atomic mass is 9.91. The molecule has 4 nitrogen and oxygen atoms in total. The fourth-order valence-electron chi connectivity index (χ4n) is 3.69. The molecule has 0 heterocycles. The standard InChI is InChI=1S/C26H55NO3/c1-6-10-14-15-16-17-18-25(20-19-24(5)27)26(28-21-11-7-2,29-22-12-8-3)30-23-13-9-4/h24-25H,6-23,27H2,1-5H3. The average Bonchev–Trinajstić information content (AvgIpc) is 2.72. The topological polar surface area (TPSA) is 53.7 Å². The van der Waals surface area contributed by atoms with Crippen LogP contribution in [0.1, 0.15) is 131 Å². The van der Waals surface area contributed by atoms with Gasteiger partial charge in [0.1, 0.15) is 0 Å². The van der Waals surface area contributed by atoms with Crippen LogP contribution in [0, 0.1) is 5.92 Å². The summed E-state index contributed by atoms with van der Waals surface area (Å²) in [6.07, 6.45) is 17.3. The third-order valence-corrected chi connectivity index (χ3v) is 5.78. The van der Waals surface area contributed by atoms with Gasteiger partial charge in [0.15, 0.2) is 0 Å². The minimum atomic E-state index is -0.905. The van der Waals surface area contributed by atoms with Gasteiger partial charge in [-0.1, -0.05) is 85.5 Å². The summed E-state index contributed by atoms with van der Waals surface area (Å²) in [5.74, 6) is -0.669. The molecule has 0 fully saturated rings. The molecule has 182 valence electrons. The number of hydrogen-bond acceptors (Lipinski definition) is 4. The zero-order valence-corrected chi connectivity index (χ0v) is 21.2. The highest BCUT2D eigenvalue weighted by Crippen LogP contribution is 2.35. The molecular weight excluding hydrogens is 374 g/mol.